The van der Waals surface area contributed by atoms with Gasteiger partial charge in [-0.15, -0.1) is 6.58 Å². The monoisotopic (exact) mass is 171 g/mol. The maximum absolute atomic E-state index is 10.5. The number of β-amino-alcohol motifs (C(OH)–C–C–N with tert-alkyl or cyclic N) is 1. The van der Waals surface area contributed by atoms with Crippen molar-refractivity contribution in [3.63, 3.8) is 0 Å². The second-order valence-corrected chi connectivity index (χ2v) is 3.19. The van der Waals surface area contributed by atoms with E-state index in [9.17, 15) is 9.90 Å². The van der Waals surface area contributed by atoms with Crippen LogP contribution in [0.5, 0.6) is 0 Å². The van der Waals surface area contributed by atoms with Crippen molar-refractivity contribution in [1.82, 2.24) is 5.32 Å². The molecule has 0 amide bonds. The quantitative estimate of drug-likeness (QED) is 0.512. The first-order chi connectivity index (χ1) is 5.57. The molecule has 0 aromatic heterocycles. The van der Waals surface area contributed by atoms with Crippen molar-refractivity contribution in [1.29, 1.82) is 0 Å². The molecule has 1 rings (SSSR count). The minimum atomic E-state index is -0.912. The van der Waals surface area contributed by atoms with E-state index < -0.39 is 17.6 Å². The number of carboxylic acid groups (broad SMARTS) is 1. The smallest absolute Gasteiger partial charge is 0.320 e. The molecule has 1 saturated heterocycles. The Morgan fingerprint density at radius 2 is 2.50 bits per heavy atom. The van der Waals surface area contributed by atoms with Crippen LogP contribution in [0.4, 0.5) is 0 Å². The van der Waals surface area contributed by atoms with Crippen molar-refractivity contribution in [2.45, 2.75) is 24.5 Å². The molecule has 0 bridgehead atoms. The zero-order valence-electron chi connectivity index (χ0n) is 6.79. The molecule has 0 aromatic rings. The van der Waals surface area contributed by atoms with Gasteiger partial charge in [0.25, 0.3) is 0 Å². The number of aliphatic hydroxyl groups is 1. The van der Waals surface area contributed by atoms with Crippen LogP contribution < -0.4 is 5.32 Å². The van der Waals surface area contributed by atoms with E-state index in [-0.39, 0.29) is 6.42 Å². The van der Waals surface area contributed by atoms with Crippen molar-refractivity contribution >= 4 is 5.97 Å². The lowest BCUT2D eigenvalue weighted by atomic mass is 9.96. The third-order valence-corrected chi connectivity index (χ3v) is 2.08. The fourth-order valence-electron chi connectivity index (χ4n) is 1.44. The Kier molecular flexibility index (Phi) is 2.49. The Morgan fingerprint density at radius 3 is 2.92 bits per heavy atom. The highest BCUT2D eigenvalue weighted by Crippen LogP contribution is 2.23. The molecule has 1 aliphatic heterocycles. The van der Waals surface area contributed by atoms with Gasteiger partial charge in [0.1, 0.15) is 6.04 Å². The molecule has 4 heteroatoms. The minimum Gasteiger partial charge on any atom is -0.480 e. The standard InChI is InChI=1S/C8H13NO3/c1-2-3-8(12)4-6(7(10)11)9-5-8/h2,6,9,12H,1,3-5H2,(H,10,11)/t6-,8?/m0/s1. The van der Waals surface area contributed by atoms with E-state index >= 15 is 0 Å². The lowest BCUT2D eigenvalue weighted by molar-refractivity contribution is -0.139. The van der Waals surface area contributed by atoms with E-state index in [2.05, 4.69) is 11.9 Å². The average molecular weight is 171 g/mol. The largest absolute Gasteiger partial charge is 0.480 e. The summed E-state index contributed by atoms with van der Waals surface area (Å²) in [6.07, 6.45) is 2.30. The Labute approximate surface area is 70.9 Å². The number of rotatable bonds is 3. The first-order valence-electron chi connectivity index (χ1n) is 3.87. The molecule has 0 aliphatic carbocycles. The Hall–Kier alpha value is -0.870. The summed E-state index contributed by atoms with van der Waals surface area (Å²) in [6.45, 7) is 3.83. The molecule has 68 valence electrons. The number of aliphatic carboxylic acids is 1. The second-order valence-electron chi connectivity index (χ2n) is 3.19. The summed E-state index contributed by atoms with van der Waals surface area (Å²) >= 11 is 0. The zero-order valence-corrected chi connectivity index (χ0v) is 6.79. The van der Waals surface area contributed by atoms with Crippen molar-refractivity contribution in [3.05, 3.63) is 12.7 Å². The van der Waals surface area contributed by atoms with Gasteiger partial charge in [-0.05, 0) is 6.42 Å². The van der Waals surface area contributed by atoms with Crippen LogP contribution in [0.3, 0.4) is 0 Å². The predicted molar refractivity (Wildman–Crippen MR) is 43.8 cm³/mol. The average Bonchev–Trinajstić information content (AvgIpc) is 2.33. The molecule has 1 fully saturated rings. The SMILES string of the molecule is C=CCC1(O)CN[C@H](C(=O)O)C1. The summed E-state index contributed by atoms with van der Waals surface area (Å²) in [5.41, 5.74) is -0.912. The molecule has 4 nitrogen and oxygen atoms in total. The van der Waals surface area contributed by atoms with Gasteiger partial charge in [-0.3, -0.25) is 4.79 Å². The lowest BCUT2D eigenvalue weighted by Gasteiger charge is -2.18. The third kappa shape index (κ3) is 1.84. The highest BCUT2D eigenvalue weighted by molar-refractivity contribution is 5.74. The van der Waals surface area contributed by atoms with Gasteiger partial charge >= 0.3 is 5.97 Å². The minimum absolute atomic E-state index is 0.258. The summed E-state index contributed by atoms with van der Waals surface area (Å²) in [6, 6.07) is -0.616. The fraction of sp³-hybridized carbons (Fsp3) is 0.625. The maximum Gasteiger partial charge on any atom is 0.320 e. The van der Waals surface area contributed by atoms with Crippen molar-refractivity contribution in [2.75, 3.05) is 6.54 Å². The fourth-order valence-corrected chi connectivity index (χ4v) is 1.44. The molecule has 12 heavy (non-hydrogen) atoms. The number of carboxylic acids is 1. The van der Waals surface area contributed by atoms with Crippen LogP contribution >= 0.6 is 0 Å². The molecular weight excluding hydrogens is 158 g/mol. The molecule has 3 N–H and O–H groups in total. The highest BCUT2D eigenvalue weighted by Gasteiger charge is 2.39. The highest BCUT2D eigenvalue weighted by atomic mass is 16.4. The van der Waals surface area contributed by atoms with Crippen molar-refractivity contribution in [3.8, 4) is 0 Å². The topological polar surface area (TPSA) is 69.6 Å². The molecule has 1 heterocycles. The lowest BCUT2D eigenvalue weighted by Crippen LogP contribution is -2.30. The van der Waals surface area contributed by atoms with Gasteiger partial charge in [-0.2, -0.15) is 0 Å². The maximum atomic E-state index is 10.5. The molecule has 1 unspecified atom stereocenters. The molecule has 0 aromatic carbocycles. The van der Waals surface area contributed by atoms with Gasteiger partial charge in [0, 0.05) is 13.0 Å². The molecular formula is C8H13NO3. The number of nitrogens with one attached hydrogen (secondary N) is 1. The van der Waals surface area contributed by atoms with Crippen LogP contribution in [0.2, 0.25) is 0 Å². The van der Waals surface area contributed by atoms with Gasteiger partial charge in [0.15, 0.2) is 0 Å². The van der Waals surface area contributed by atoms with Crippen LogP contribution in [-0.4, -0.2) is 34.4 Å². The van der Waals surface area contributed by atoms with Gasteiger partial charge < -0.3 is 15.5 Å². The van der Waals surface area contributed by atoms with E-state index in [4.69, 9.17) is 5.11 Å². The summed E-state index contributed by atoms with van der Waals surface area (Å²) in [5.74, 6) is -0.907. The first-order valence-corrected chi connectivity index (χ1v) is 3.87. The third-order valence-electron chi connectivity index (χ3n) is 2.08. The summed E-state index contributed by atoms with van der Waals surface area (Å²) in [7, 11) is 0. The Morgan fingerprint density at radius 1 is 1.83 bits per heavy atom. The molecule has 0 radical (unpaired) electrons. The van der Waals surface area contributed by atoms with Crippen molar-refractivity contribution in [2.24, 2.45) is 0 Å². The molecule has 2 atom stereocenters. The normalized spacial score (nSPS) is 34.9. The van der Waals surface area contributed by atoms with E-state index in [0.29, 0.717) is 13.0 Å². The summed E-state index contributed by atoms with van der Waals surface area (Å²) in [5, 5.41) is 21.1. The van der Waals surface area contributed by atoms with Crippen molar-refractivity contribution < 1.29 is 15.0 Å². The molecule has 0 spiro atoms. The number of hydrogen-bond donors (Lipinski definition) is 3. The van der Waals surface area contributed by atoms with Crippen LogP contribution in [0.1, 0.15) is 12.8 Å². The zero-order chi connectivity index (χ0) is 9.19. The van der Waals surface area contributed by atoms with Crippen LogP contribution in [0, 0.1) is 0 Å². The van der Waals surface area contributed by atoms with Gasteiger partial charge in [0.2, 0.25) is 0 Å². The molecule has 0 saturated carbocycles. The van der Waals surface area contributed by atoms with Gasteiger partial charge in [-0.1, -0.05) is 6.08 Å². The number of hydrogen-bond acceptors (Lipinski definition) is 3. The number of carbonyl (C=O) groups is 1. The van der Waals surface area contributed by atoms with Crippen LogP contribution in [0.15, 0.2) is 12.7 Å². The Balaban J connectivity index is 2.54. The van der Waals surface area contributed by atoms with Gasteiger partial charge in [0.05, 0.1) is 5.60 Å². The van der Waals surface area contributed by atoms with E-state index in [1.165, 1.54) is 0 Å². The first kappa shape index (κ1) is 9.22. The van der Waals surface area contributed by atoms with Gasteiger partial charge in [-0.25, -0.2) is 0 Å². The second kappa shape index (κ2) is 3.25. The Bertz CT molecular complexity index is 204. The van der Waals surface area contributed by atoms with E-state index in [0.717, 1.165) is 0 Å². The van der Waals surface area contributed by atoms with E-state index in [1.807, 2.05) is 0 Å². The molecule has 1 aliphatic rings. The summed E-state index contributed by atoms with van der Waals surface area (Å²) < 4.78 is 0. The predicted octanol–water partition coefficient (Wildman–Crippen LogP) is -0.260. The van der Waals surface area contributed by atoms with Crippen LogP contribution in [-0.2, 0) is 4.79 Å². The summed E-state index contributed by atoms with van der Waals surface area (Å²) in [4.78, 5) is 10.5. The van der Waals surface area contributed by atoms with E-state index in [1.54, 1.807) is 6.08 Å². The van der Waals surface area contributed by atoms with Crippen LogP contribution in [0.25, 0.3) is 0 Å².